The van der Waals surface area contributed by atoms with Gasteiger partial charge in [0.1, 0.15) is 5.75 Å². The van der Waals surface area contributed by atoms with Crippen LogP contribution in [-0.4, -0.2) is 63.2 Å². The Hall–Kier alpha value is -2.32. The molecular weight excluding hydrogens is 408 g/mol. The van der Waals surface area contributed by atoms with Gasteiger partial charge >= 0.3 is 0 Å². The van der Waals surface area contributed by atoms with Crippen molar-refractivity contribution in [3.63, 3.8) is 0 Å². The second-order valence-corrected chi connectivity index (χ2v) is 8.81. The summed E-state index contributed by atoms with van der Waals surface area (Å²) in [5.41, 5.74) is 2.30. The minimum atomic E-state index is 0.301. The van der Waals surface area contributed by atoms with Gasteiger partial charge in [-0.1, -0.05) is 18.6 Å². The summed E-state index contributed by atoms with van der Waals surface area (Å²) in [5.74, 6) is 1.72. The molecule has 1 atom stereocenters. The zero-order valence-electron chi connectivity index (χ0n) is 19.2. The smallest absolute Gasteiger partial charge is 0.191 e. The van der Waals surface area contributed by atoms with Crippen molar-refractivity contribution in [3.05, 3.63) is 40.9 Å². The number of benzene rings is 1. The van der Waals surface area contributed by atoms with Crippen LogP contribution in [0.3, 0.4) is 0 Å². The van der Waals surface area contributed by atoms with E-state index in [2.05, 4.69) is 57.1 Å². The van der Waals surface area contributed by atoms with Crippen molar-refractivity contribution in [1.29, 1.82) is 0 Å². The maximum absolute atomic E-state index is 5.35. The normalized spacial score (nSPS) is 16.1. The summed E-state index contributed by atoms with van der Waals surface area (Å²) in [6.45, 7) is 6.56. The fourth-order valence-electron chi connectivity index (χ4n) is 3.78. The summed E-state index contributed by atoms with van der Waals surface area (Å²) in [6.07, 6.45) is 3.85. The molecule has 7 nitrogen and oxygen atoms in total. The summed E-state index contributed by atoms with van der Waals surface area (Å²) >= 11 is 1.65. The van der Waals surface area contributed by atoms with Gasteiger partial charge in [-0.15, -0.1) is 11.3 Å². The quantitative estimate of drug-likeness (QED) is 0.456. The number of thiazole rings is 1. The average molecular weight is 445 g/mol. The molecule has 0 saturated carbocycles. The average Bonchev–Trinajstić information content (AvgIpc) is 3.28. The van der Waals surface area contributed by atoms with Crippen LogP contribution in [0.15, 0.2) is 34.6 Å². The van der Waals surface area contributed by atoms with Gasteiger partial charge in [0.2, 0.25) is 0 Å². The van der Waals surface area contributed by atoms with Gasteiger partial charge in [-0.3, -0.25) is 4.90 Å². The first kappa shape index (κ1) is 23.3. The molecule has 8 heteroatoms. The molecule has 3 rings (SSSR count). The number of nitrogens with zero attached hydrogens (tertiary/aromatic N) is 4. The topological polar surface area (TPSA) is 65.0 Å². The van der Waals surface area contributed by atoms with Crippen molar-refractivity contribution in [2.24, 2.45) is 4.99 Å². The molecular formula is C23H36N6OS. The molecule has 1 aromatic carbocycles. The SMILES string of the molecule is CCNC(=NCc1csc(N(C)C)n1)NCC(c1ccc(OC)cc1)N1CCCCC1. The van der Waals surface area contributed by atoms with E-state index in [-0.39, 0.29) is 0 Å². The van der Waals surface area contributed by atoms with E-state index in [1.807, 2.05) is 19.0 Å². The third-order valence-electron chi connectivity index (χ3n) is 5.46. The Bertz CT molecular complexity index is 814. The van der Waals surface area contributed by atoms with E-state index < -0.39 is 0 Å². The van der Waals surface area contributed by atoms with E-state index in [1.165, 1.54) is 24.8 Å². The highest BCUT2D eigenvalue weighted by molar-refractivity contribution is 7.13. The summed E-state index contributed by atoms with van der Waals surface area (Å²) in [5, 5.41) is 10.0. The molecule has 1 fully saturated rings. The first-order valence-electron chi connectivity index (χ1n) is 11.1. The molecule has 2 heterocycles. The third-order valence-corrected chi connectivity index (χ3v) is 6.52. The molecule has 1 saturated heterocycles. The van der Waals surface area contributed by atoms with Crippen molar-refractivity contribution in [1.82, 2.24) is 20.5 Å². The van der Waals surface area contributed by atoms with Crippen molar-refractivity contribution in [3.8, 4) is 5.75 Å². The number of piperidine rings is 1. The second kappa shape index (κ2) is 11.9. The number of hydrogen-bond acceptors (Lipinski definition) is 6. The van der Waals surface area contributed by atoms with Crippen LogP contribution in [0.2, 0.25) is 0 Å². The Morgan fingerprint density at radius 3 is 2.55 bits per heavy atom. The van der Waals surface area contributed by atoms with E-state index in [9.17, 15) is 0 Å². The van der Waals surface area contributed by atoms with Crippen molar-refractivity contribution >= 4 is 22.4 Å². The fraction of sp³-hybridized carbons (Fsp3) is 0.565. The van der Waals surface area contributed by atoms with E-state index in [0.717, 1.165) is 48.7 Å². The molecule has 0 aliphatic carbocycles. The van der Waals surface area contributed by atoms with Gasteiger partial charge in [-0.25, -0.2) is 9.98 Å². The Kier molecular flexibility index (Phi) is 8.97. The molecule has 31 heavy (non-hydrogen) atoms. The van der Waals surface area contributed by atoms with Crippen molar-refractivity contribution in [2.45, 2.75) is 38.8 Å². The number of aromatic nitrogens is 1. The Morgan fingerprint density at radius 1 is 1.19 bits per heavy atom. The van der Waals surface area contributed by atoms with Gasteiger partial charge in [-0.05, 0) is 50.6 Å². The highest BCUT2D eigenvalue weighted by Gasteiger charge is 2.22. The monoisotopic (exact) mass is 444 g/mol. The largest absolute Gasteiger partial charge is 0.497 e. The van der Waals surface area contributed by atoms with Crippen LogP contribution in [0, 0.1) is 0 Å². The first-order chi connectivity index (χ1) is 15.1. The Balaban J connectivity index is 1.69. The van der Waals surface area contributed by atoms with Gasteiger partial charge in [0.05, 0.1) is 25.4 Å². The molecule has 2 aromatic rings. The summed E-state index contributed by atoms with van der Waals surface area (Å²) in [7, 11) is 5.73. The minimum Gasteiger partial charge on any atom is -0.497 e. The number of nitrogens with one attached hydrogen (secondary N) is 2. The van der Waals surface area contributed by atoms with Crippen LogP contribution in [-0.2, 0) is 6.54 Å². The molecule has 1 aromatic heterocycles. The number of likely N-dealkylation sites (tertiary alicyclic amines) is 1. The summed E-state index contributed by atoms with van der Waals surface area (Å²) in [4.78, 5) is 14.0. The molecule has 0 radical (unpaired) electrons. The number of guanidine groups is 1. The van der Waals surface area contributed by atoms with Gasteiger partial charge in [0.15, 0.2) is 11.1 Å². The van der Waals surface area contributed by atoms with Crippen LogP contribution >= 0.6 is 11.3 Å². The van der Waals surface area contributed by atoms with Gasteiger partial charge in [0, 0.05) is 32.6 Å². The maximum atomic E-state index is 5.35. The third kappa shape index (κ3) is 6.83. The lowest BCUT2D eigenvalue weighted by Gasteiger charge is -2.35. The van der Waals surface area contributed by atoms with Crippen molar-refractivity contribution < 1.29 is 4.74 Å². The van der Waals surface area contributed by atoms with E-state index >= 15 is 0 Å². The zero-order chi connectivity index (χ0) is 22.1. The van der Waals surface area contributed by atoms with Crippen LogP contribution < -0.4 is 20.3 Å². The molecule has 1 aliphatic heterocycles. The maximum Gasteiger partial charge on any atom is 0.191 e. The zero-order valence-corrected chi connectivity index (χ0v) is 20.0. The summed E-state index contributed by atoms with van der Waals surface area (Å²) in [6, 6.07) is 8.77. The lowest BCUT2D eigenvalue weighted by atomic mass is 10.0. The highest BCUT2D eigenvalue weighted by Crippen LogP contribution is 2.26. The number of rotatable bonds is 9. The van der Waals surface area contributed by atoms with Gasteiger partial charge < -0.3 is 20.3 Å². The van der Waals surface area contributed by atoms with Crippen LogP contribution in [0.4, 0.5) is 5.13 Å². The lowest BCUT2D eigenvalue weighted by Crippen LogP contribution is -2.44. The summed E-state index contributed by atoms with van der Waals surface area (Å²) < 4.78 is 5.35. The van der Waals surface area contributed by atoms with Gasteiger partial charge in [0.25, 0.3) is 0 Å². The Morgan fingerprint density at radius 2 is 1.94 bits per heavy atom. The lowest BCUT2D eigenvalue weighted by molar-refractivity contribution is 0.164. The highest BCUT2D eigenvalue weighted by atomic mass is 32.1. The molecule has 0 amide bonds. The van der Waals surface area contributed by atoms with E-state index in [1.54, 1.807) is 18.4 Å². The molecule has 1 unspecified atom stereocenters. The van der Waals surface area contributed by atoms with Crippen LogP contribution in [0.5, 0.6) is 5.75 Å². The number of hydrogen-bond donors (Lipinski definition) is 2. The standard InChI is InChI=1S/C23H36N6OS/c1-5-24-22(25-15-19-17-31-23(27-19)28(2)3)26-16-21(29-13-7-6-8-14-29)18-9-11-20(30-4)12-10-18/h9-12,17,21H,5-8,13-16H2,1-4H3,(H2,24,25,26). The van der Waals surface area contributed by atoms with Crippen LogP contribution in [0.1, 0.15) is 43.5 Å². The Labute approximate surface area is 190 Å². The number of methoxy groups -OCH3 is 1. The molecule has 2 N–H and O–H groups in total. The first-order valence-corrected chi connectivity index (χ1v) is 12.0. The number of ether oxygens (including phenoxy) is 1. The number of aliphatic imine (C=N–C) groups is 1. The second-order valence-electron chi connectivity index (χ2n) is 7.98. The molecule has 0 spiro atoms. The predicted octanol–water partition coefficient (Wildman–Crippen LogP) is 3.50. The fourth-order valence-corrected chi connectivity index (χ4v) is 4.53. The predicted molar refractivity (Wildman–Crippen MR) is 130 cm³/mol. The molecule has 170 valence electrons. The molecule has 1 aliphatic rings. The molecule has 0 bridgehead atoms. The van der Waals surface area contributed by atoms with E-state index in [4.69, 9.17) is 9.73 Å². The van der Waals surface area contributed by atoms with Crippen molar-refractivity contribution in [2.75, 3.05) is 52.3 Å². The number of anilines is 1. The van der Waals surface area contributed by atoms with Crippen LogP contribution in [0.25, 0.3) is 0 Å². The van der Waals surface area contributed by atoms with E-state index in [0.29, 0.717) is 12.6 Å². The van der Waals surface area contributed by atoms with Gasteiger partial charge in [-0.2, -0.15) is 0 Å². The minimum absolute atomic E-state index is 0.301.